The van der Waals surface area contributed by atoms with Crippen molar-refractivity contribution in [2.75, 3.05) is 24.9 Å². The van der Waals surface area contributed by atoms with Crippen LogP contribution in [0.15, 0.2) is 48.5 Å². The van der Waals surface area contributed by atoms with Gasteiger partial charge in [0.25, 0.3) is 0 Å². The molecule has 4 rings (SSSR count). The van der Waals surface area contributed by atoms with E-state index in [9.17, 15) is 4.79 Å². The lowest BCUT2D eigenvalue weighted by molar-refractivity contribution is 0.209. The molecule has 0 bridgehead atoms. The van der Waals surface area contributed by atoms with Crippen LogP contribution in [-0.2, 0) is 0 Å². The lowest BCUT2D eigenvalue weighted by Gasteiger charge is -2.16. The van der Waals surface area contributed by atoms with Gasteiger partial charge >= 0.3 is 6.09 Å². The van der Waals surface area contributed by atoms with Gasteiger partial charge in [0.2, 0.25) is 0 Å². The van der Waals surface area contributed by atoms with Gasteiger partial charge in [-0.25, -0.2) is 14.8 Å². The van der Waals surface area contributed by atoms with Crippen molar-refractivity contribution in [2.24, 2.45) is 0 Å². The van der Waals surface area contributed by atoms with E-state index in [4.69, 9.17) is 14.6 Å². The second kappa shape index (κ2) is 9.33. The molecule has 0 saturated heterocycles. The van der Waals surface area contributed by atoms with Crippen LogP contribution < -0.4 is 20.1 Å². The van der Waals surface area contributed by atoms with Crippen LogP contribution in [-0.4, -0.2) is 35.4 Å². The molecule has 0 aliphatic heterocycles. The molecule has 9 heteroatoms. The van der Waals surface area contributed by atoms with Crippen molar-refractivity contribution in [1.29, 1.82) is 0 Å². The number of hydrogen-bond donors (Lipinski definition) is 3. The van der Waals surface area contributed by atoms with Crippen molar-refractivity contribution < 1.29 is 19.4 Å². The molecule has 1 amide bonds. The number of anilines is 2. The lowest BCUT2D eigenvalue weighted by Crippen LogP contribution is -2.08. The summed E-state index contributed by atoms with van der Waals surface area (Å²) in [5.74, 6) is 2.62. The Labute approximate surface area is 195 Å². The molecule has 1 unspecified atom stereocenters. The number of carboxylic acid groups (broad SMARTS) is 1. The number of amides is 1. The highest BCUT2D eigenvalue weighted by atomic mass is 32.1. The van der Waals surface area contributed by atoms with Crippen LogP contribution in [0.3, 0.4) is 0 Å². The molecule has 2 heterocycles. The smallest absolute Gasteiger partial charge is 0.409 e. The summed E-state index contributed by atoms with van der Waals surface area (Å²) in [4.78, 5) is 22.2. The summed E-state index contributed by atoms with van der Waals surface area (Å²) in [6.07, 6.45) is -1.08. The summed E-state index contributed by atoms with van der Waals surface area (Å²) >= 11 is 1.67. The Morgan fingerprint density at radius 2 is 1.73 bits per heavy atom. The standard InChI is InChI=1S/C24H24N4O4S/c1-13(21-9-10-22(33-21)15-5-7-16(8-6-15)28-24(29)30)25-23-17-11-19(31-3)20(32-4)12-18(17)26-14(2)27-23/h5-13,28H,1-4H3,(H,29,30)(H,25,26,27). The van der Waals surface area contributed by atoms with Crippen molar-refractivity contribution in [3.8, 4) is 21.9 Å². The molecule has 0 aliphatic carbocycles. The number of aryl methyl sites for hydroxylation is 1. The molecular formula is C24H24N4O4S. The minimum atomic E-state index is -1.08. The van der Waals surface area contributed by atoms with Crippen molar-refractivity contribution in [2.45, 2.75) is 19.9 Å². The monoisotopic (exact) mass is 464 g/mol. The fraction of sp³-hybridized carbons (Fsp3) is 0.208. The quantitative estimate of drug-likeness (QED) is 0.310. The van der Waals surface area contributed by atoms with Crippen LogP contribution in [0.4, 0.5) is 16.3 Å². The number of nitrogens with zero attached hydrogens (tertiary/aromatic N) is 2. The number of nitrogens with one attached hydrogen (secondary N) is 2. The Hall–Kier alpha value is -3.85. The van der Waals surface area contributed by atoms with Crippen molar-refractivity contribution >= 4 is 39.8 Å². The molecule has 1 atom stereocenters. The number of methoxy groups -OCH3 is 2. The zero-order chi connectivity index (χ0) is 23.5. The van der Waals surface area contributed by atoms with Crippen LogP contribution in [0.25, 0.3) is 21.3 Å². The second-order valence-corrected chi connectivity index (χ2v) is 8.53. The number of rotatable bonds is 7. The van der Waals surface area contributed by atoms with Crippen LogP contribution in [0.1, 0.15) is 23.7 Å². The molecule has 0 fully saturated rings. The van der Waals surface area contributed by atoms with E-state index in [0.29, 0.717) is 23.0 Å². The Kier molecular flexibility index (Phi) is 6.32. The van der Waals surface area contributed by atoms with Gasteiger partial charge in [0, 0.05) is 26.9 Å². The molecule has 8 nitrogen and oxygen atoms in total. The Balaban J connectivity index is 1.59. The first-order valence-electron chi connectivity index (χ1n) is 10.2. The first-order chi connectivity index (χ1) is 15.9. The topological polar surface area (TPSA) is 106 Å². The summed E-state index contributed by atoms with van der Waals surface area (Å²) in [5.41, 5.74) is 2.34. The number of thiophene rings is 1. The van der Waals surface area contributed by atoms with E-state index in [0.717, 1.165) is 32.0 Å². The van der Waals surface area contributed by atoms with Gasteiger partial charge in [-0.15, -0.1) is 11.3 Å². The number of aromatic nitrogens is 2. The largest absolute Gasteiger partial charge is 0.493 e. The summed E-state index contributed by atoms with van der Waals surface area (Å²) in [5, 5.41) is 15.6. The van der Waals surface area contributed by atoms with E-state index in [1.54, 1.807) is 37.7 Å². The van der Waals surface area contributed by atoms with Crippen molar-refractivity contribution in [3.63, 3.8) is 0 Å². The highest BCUT2D eigenvalue weighted by molar-refractivity contribution is 7.15. The van der Waals surface area contributed by atoms with Gasteiger partial charge in [-0.05, 0) is 49.7 Å². The van der Waals surface area contributed by atoms with Gasteiger partial charge in [-0.3, -0.25) is 5.32 Å². The third-order valence-electron chi connectivity index (χ3n) is 5.14. The number of ether oxygens (including phenoxy) is 2. The maximum absolute atomic E-state index is 10.8. The molecular weight excluding hydrogens is 440 g/mol. The van der Waals surface area contributed by atoms with Gasteiger partial charge in [-0.1, -0.05) is 12.1 Å². The molecule has 2 aromatic heterocycles. The Morgan fingerprint density at radius 1 is 1.03 bits per heavy atom. The summed E-state index contributed by atoms with van der Waals surface area (Å²) in [6.45, 7) is 3.94. The molecule has 0 spiro atoms. The summed E-state index contributed by atoms with van der Waals surface area (Å²) in [7, 11) is 3.20. The van der Waals surface area contributed by atoms with Crippen molar-refractivity contribution in [3.05, 3.63) is 59.2 Å². The highest BCUT2D eigenvalue weighted by Crippen LogP contribution is 2.37. The normalized spacial score (nSPS) is 11.8. The number of hydrogen-bond acceptors (Lipinski definition) is 7. The summed E-state index contributed by atoms with van der Waals surface area (Å²) < 4.78 is 10.9. The fourth-order valence-electron chi connectivity index (χ4n) is 3.54. The predicted octanol–water partition coefficient (Wildman–Crippen LogP) is 5.95. The van der Waals surface area contributed by atoms with Crippen molar-refractivity contribution in [1.82, 2.24) is 9.97 Å². The molecule has 4 aromatic rings. The third-order valence-corrected chi connectivity index (χ3v) is 6.46. The molecule has 2 aromatic carbocycles. The zero-order valence-corrected chi connectivity index (χ0v) is 19.5. The van der Waals surface area contributed by atoms with E-state index >= 15 is 0 Å². The zero-order valence-electron chi connectivity index (χ0n) is 18.7. The van der Waals surface area contributed by atoms with Crippen LogP contribution in [0.2, 0.25) is 0 Å². The Bertz CT molecular complexity index is 1300. The minimum absolute atomic E-state index is 0.00213. The minimum Gasteiger partial charge on any atom is -0.493 e. The number of carbonyl (C=O) groups is 1. The van der Waals surface area contributed by atoms with E-state index < -0.39 is 6.09 Å². The van der Waals surface area contributed by atoms with E-state index in [-0.39, 0.29) is 6.04 Å². The average molecular weight is 465 g/mol. The van der Waals surface area contributed by atoms with Gasteiger partial charge in [0.1, 0.15) is 11.6 Å². The molecule has 170 valence electrons. The first kappa shape index (κ1) is 22.3. The molecule has 0 radical (unpaired) electrons. The van der Waals surface area contributed by atoms with E-state index in [1.165, 1.54) is 0 Å². The average Bonchev–Trinajstić information content (AvgIpc) is 3.28. The SMILES string of the molecule is COc1cc2nc(C)nc(NC(C)c3ccc(-c4ccc(NC(=O)O)cc4)s3)c2cc1OC. The maximum Gasteiger partial charge on any atom is 0.409 e. The van der Waals surface area contributed by atoms with Gasteiger partial charge in [0.05, 0.1) is 25.8 Å². The van der Waals surface area contributed by atoms with E-state index in [2.05, 4.69) is 39.7 Å². The molecule has 0 aliphatic rings. The lowest BCUT2D eigenvalue weighted by atomic mass is 10.1. The number of fused-ring (bicyclic) bond motifs is 1. The fourth-order valence-corrected chi connectivity index (χ4v) is 4.56. The Morgan fingerprint density at radius 3 is 2.39 bits per heavy atom. The molecule has 3 N–H and O–H groups in total. The van der Waals surface area contributed by atoms with Gasteiger partial charge in [-0.2, -0.15) is 0 Å². The predicted molar refractivity (Wildman–Crippen MR) is 131 cm³/mol. The number of benzene rings is 2. The highest BCUT2D eigenvalue weighted by Gasteiger charge is 2.16. The summed E-state index contributed by atoms with van der Waals surface area (Å²) in [6, 6.07) is 15.2. The molecule has 33 heavy (non-hydrogen) atoms. The second-order valence-electron chi connectivity index (χ2n) is 7.42. The first-order valence-corrected chi connectivity index (χ1v) is 11.1. The van der Waals surface area contributed by atoms with Gasteiger partial charge < -0.3 is 19.9 Å². The van der Waals surface area contributed by atoms with Crippen LogP contribution >= 0.6 is 11.3 Å². The third kappa shape index (κ3) is 4.83. The molecule has 0 saturated carbocycles. The van der Waals surface area contributed by atoms with Gasteiger partial charge in [0.15, 0.2) is 11.5 Å². The van der Waals surface area contributed by atoms with Crippen LogP contribution in [0.5, 0.6) is 11.5 Å². The maximum atomic E-state index is 10.8. The van der Waals surface area contributed by atoms with E-state index in [1.807, 2.05) is 31.2 Å². The van der Waals surface area contributed by atoms with Crippen LogP contribution in [0, 0.1) is 6.92 Å².